The highest BCUT2D eigenvalue weighted by Gasteiger charge is 2.80. The van der Waals surface area contributed by atoms with Gasteiger partial charge in [0.25, 0.3) is 0 Å². The lowest BCUT2D eigenvalue weighted by Crippen LogP contribution is -2.81. The van der Waals surface area contributed by atoms with Crippen molar-refractivity contribution in [3.8, 4) is 5.75 Å². The van der Waals surface area contributed by atoms with E-state index in [-0.39, 0.29) is 11.1 Å². The number of carbonyl (C=O) groups is 6. The van der Waals surface area contributed by atoms with Crippen LogP contribution in [0, 0.1) is 34.5 Å². The second kappa shape index (κ2) is 7.98. The first-order valence-corrected chi connectivity index (χ1v) is 12.4. The van der Waals surface area contributed by atoms with E-state index >= 15 is 0 Å². The van der Waals surface area contributed by atoms with Gasteiger partial charge >= 0.3 is 0 Å². The molecule has 2 saturated carbocycles. The number of hydrogen-bond donors (Lipinski definition) is 3. The number of aromatic hydroxyl groups is 1. The zero-order valence-corrected chi connectivity index (χ0v) is 21.9. The van der Waals surface area contributed by atoms with Crippen LogP contribution in [0.3, 0.4) is 0 Å². The topological polar surface area (TPSA) is 163 Å². The number of ketones is 6. The number of aliphatic hydroxyl groups excluding tert-OH is 1. The van der Waals surface area contributed by atoms with E-state index in [1.54, 1.807) is 20.8 Å². The summed E-state index contributed by atoms with van der Waals surface area (Å²) >= 11 is 0. The van der Waals surface area contributed by atoms with Gasteiger partial charge in [-0.05, 0) is 37.3 Å². The molecule has 3 aliphatic rings. The quantitative estimate of drug-likeness (QED) is 0.405. The minimum atomic E-state index is -3.02. The summed E-state index contributed by atoms with van der Waals surface area (Å²) in [6.45, 7) is 9.94. The molecule has 0 aliphatic heterocycles. The van der Waals surface area contributed by atoms with Crippen molar-refractivity contribution in [1.29, 1.82) is 0 Å². The van der Waals surface area contributed by atoms with Crippen molar-refractivity contribution in [3.05, 3.63) is 28.8 Å². The second-order valence-corrected chi connectivity index (χ2v) is 11.7. The first kappa shape index (κ1) is 27.0. The van der Waals surface area contributed by atoms with Crippen LogP contribution in [-0.4, -0.2) is 61.7 Å². The fourth-order valence-corrected chi connectivity index (χ4v) is 7.64. The Balaban J connectivity index is 2.08. The summed E-state index contributed by atoms with van der Waals surface area (Å²) in [4.78, 5) is 79.8. The molecule has 198 valence electrons. The molecule has 0 aromatic heterocycles. The van der Waals surface area contributed by atoms with E-state index in [0.29, 0.717) is 5.56 Å². The van der Waals surface area contributed by atoms with Crippen molar-refractivity contribution in [3.63, 3.8) is 0 Å². The van der Waals surface area contributed by atoms with Crippen molar-refractivity contribution in [2.45, 2.75) is 66.1 Å². The fourth-order valence-electron chi connectivity index (χ4n) is 7.64. The van der Waals surface area contributed by atoms with Crippen LogP contribution in [0.4, 0.5) is 0 Å². The van der Waals surface area contributed by atoms with Crippen molar-refractivity contribution in [1.82, 2.24) is 0 Å². The molecule has 1 aromatic carbocycles. The Morgan fingerprint density at radius 3 is 2.05 bits per heavy atom. The van der Waals surface area contributed by atoms with Gasteiger partial charge in [0.2, 0.25) is 0 Å². The molecule has 4 rings (SSSR count). The molecule has 0 heterocycles. The summed E-state index contributed by atoms with van der Waals surface area (Å²) in [6, 6.07) is 2.85. The Kier molecular flexibility index (Phi) is 5.82. The van der Waals surface area contributed by atoms with Crippen LogP contribution in [0.2, 0.25) is 0 Å². The number of fused-ring (bicyclic) bond motifs is 3. The first-order chi connectivity index (χ1) is 16.9. The van der Waals surface area contributed by atoms with Gasteiger partial charge in [-0.1, -0.05) is 40.7 Å². The largest absolute Gasteiger partial charge is 0.506 e. The highest BCUT2D eigenvalue weighted by Crippen LogP contribution is 2.66. The van der Waals surface area contributed by atoms with Gasteiger partial charge in [0.05, 0.1) is 23.1 Å². The zero-order valence-electron chi connectivity index (χ0n) is 21.9. The summed E-state index contributed by atoms with van der Waals surface area (Å²) in [6.07, 6.45) is -1.72. The summed E-state index contributed by atoms with van der Waals surface area (Å²) in [7, 11) is 0. The monoisotopic (exact) mass is 512 g/mol. The number of carbonyl (C=O) groups excluding carboxylic acids is 6. The standard InChI is InChI=1S/C28H32O9/c1-10(2)18-21(32)16(13(5)30)23(34)28(37)24(35)19-22(33)17-14(8-9-15(12(4)29)20(17)31)11(3)26(19,6)25(36)27(18,28)7/h8-11,16,18-19,25,31,36-37H,1-7H3/t11-,16?,18?,19?,25-,26+,27+,28+/m1/s1. The predicted octanol–water partition coefficient (Wildman–Crippen LogP) is 1.83. The molecule has 8 atom stereocenters. The van der Waals surface area contributed by atoms with Gasteiger partial charge in [-0.3, -0.25) is 28.8 Å². The summed E-state index contributed by atoms with van der Waals surface area (Å²) in [5.74, 6) is -12.5. The Bertz CT molecular complexity index is 1310. The van der Waals surface area contributed by atoms with Gasteiger partial charge in [-0.15, -0.1) is 0 Å². The maximum Gasteiger partial charge on any atom is 0.191 e. The van der Waals surface area contributed by atoms with Crippen LogP contribution < -0.4 is 0 Å². The normalized spacial score (nSPS) is 39.2. The van der Waals surface area contributed by atoms with E-state index in [4.69, 9.17) is 0 Å². The second-order valence-electron chi connectivity index (χ2n) is 11.7. The predicted molar refractivity (Wildman–Crippen MR) is 129 cm³/mol. The minimum absolute atomic E-state index is 0.133. The molecule has 3 unspecified atom stereocenters. The van der Waals surface area contributed by atoms with Gasteiger partial charge in [0.1, 0.15) is 17.5 Å². The van der Waals surface area contributed by atoms with Gasteiger partial charge in [0.15, 0.2) is 34.5 Å². The molecule has 9 heteroatoms. The molecule has 0 spiro atoms. The number of phenols is 1. The van der Waals surface area contributed by atoms with Gasteiger partial charge in [0, 0.05) is 16.7 Å². The van der Waals surface area contributed by atoms with Crippen LogP contribution >= 0.6 is 0 Å². The third kappa shape index (κ3) is 2.87. The van der Waals surface area contributed by atoms with Crippen LogP contribution in [0.15, 0.2) is 12.1 Å². The average Bonchev–Trinajstić information content (AvgIpc) is 2.78. The first-order valence-electron chi connectivity index (χ1n) is 12.4. The lowest BCUT2D eigenvalue weighted by molar-refractivity contribution is -0.240. The number of rotatable bonds is 3. The molecule has 3 aliphatic carbocycles. The Morgan fingerprint density at radius 2 is 1.57 bits per heavy atom. The number of benzene rings is 1. The van der Waals surface area contributed by atoms with Crippen LogP contribution in [0.1, 0.15) is 80.7 Å². The summed E-state index contributed by atoms with van der Waals surface area (Å²) in [5.41, 5.74) is -6.77. The molecule has 1 aromatic rings. The summed E-state index contributed by atoms with van der Waals surface area (Å²) in [5, 5.41) is 34.9. The van der Waals surface area contributed by atoms with Gasteiger partial charge in [-0.25, -0.2) is 0 Å². The number of hydrogen-bond acceptors (Lipinski definition) is 9. The Labute approximate surface area is 214 Å². The van der Waals surface area contributed by atoms with E-state index in [1.807, 2.05) is 0 Å². The van der Waals surface area contributed by atoms with E-state index in [9.17, 15) is 44.1 Å². The molecule has 9 nitrogen and oxygen atoms in total. The highest BCUT2D eigenvalue weighted by atomic mass is 16.3. The number of Topliss-reactive ketones (excluding diaryl/α,β-unsaturated/α-hetero) is 6. The molecule has 3 N–H and O–H groups in total. The maximum atomic E-state index is 14.2. The smallest absolute Gasteiger partial charge is 0.191 e. The SMILES string of the molecule is CC(=O)c1ccc2c(c1O)C(=O)C1C(=O)[C@@]3(O)C(=O)C(C(C)=O)C(=O)C(C(C)C)[C@@]3(C)[C@H](O)[C@@]1(C)[C@@H]2C. The molecule has 0 bridgehead atoms. The third-order valence-corrected chi connectivity index (χ3v) is 9.60. The number of phenolic OH excluding ortho intramolecular Hbond substituents is 1. The molecular weight excluding hydrogens is 480 g/mol. The summed E-state index contributed by atoms with van der Waals surface area (Å²) < 4.78 is 0. The van der Waals surface area contributed by atoms with Gasteiger partial charge < -0.3 is 15.3 Å². The van der Waals surface area contributed by atoms with E-state index in [1.165, 1.54) is 32.9 Å². The molecule has 0 radical (unpaired) electrons. The van der Waals surface area contributed by atoms with Crippen LogP contribution in [-0.2, 0) is 19.2 Å². The Hall–Kier alpha value is -3.04. The van der Waals surface area contributed by atoms with Crippen LogP contribution in [0.5, 0.6) is 5.75 Å². The molecular formula is C28H32O9. The average molecular weight is 513 g/mol. The molecule has 0 saturated heterocycles. The molecule has 37 heavy (non-hydrogen) atoms. The molecule has 0 amide bonds. The maximum absolute atomic E-state index is 14.2. The minimum Gasteiger partial charge on any atom is -0.506 e. The van der Waals surface area contributed by atoms with Crippen molar-refractivity contribution in [2.24, 2.45) is 34.5 Å². The third-order valence-electron chi connectivity index (χ3n) is 9.60. The Morgan fingerprint density at radius 1 is 1.00 bits per heavy atom. The lowest BCUT2D eigenvalue weighted by Gasteiger charge is -2.65. The zero-order chi connectivity index (χ0) is 28.2. The van der Waals surface area contributed by atoms with Crippen molar-refractivity contribution < 1.29 is 44.1 Å². The van der Waals surface area contributed by atoms with E-state index in [0.717, 1.165) is 6.92 Å². The lowest BCUT2D eigenvalue weighted by atomic mass is 9.37. The van der Waals surface area contributed by atoms with Crippen molar-refractivity contribution >= 4 is 34.7 Å². The highest BCUT2D eigenvalue weighted by molar-refractivity contribution is 6.33. The van der Waals surface area contributed by atoms with E-state index in [2.05, 4.69) is 0 Å². The fraction of sp³-hybridized carbons (Fsp3) is 0.571. The molecule has 2 fully saturated rings. The van der Waals surface area contributed by atoms with Crippen LogP contribution in [0.25, 0.3) is 0 Å². The van der Waals surface area contributed by atoms with E-state index < -0.39 is 92.6 Å². The van der Waals surface area contributed by atoms with Crippen molar-refractivity contribution in [2.75, 3.05) is 0 Å². The number of aliphatic hydroxyl groups is 2. The van der Waals surface area contributed by atoms with Gasteiger partial charge in [-0.2, -0.15) is 0 Å².